The van der Waals surface area contributed by atoms with Crippen molar-refractivity contribution in [3.05, 3.63) is 10.4 Å². The summed E-state index contributed by atoms with van der Waals surface area (Å²) in [5, 5.41) is 0. The quantitative estimate of drug-likeness (QED) is 0.514. The molecule has 6 nitrogen and oxygen atoms in total. The summed E-state index contributed by atoms with van der Waals surface area (Å²) in [6, 6.07) is 0. The number of nitrogens with two attached hydrogens (primary N) is 1. The second-order valence-corrected chi connectivity index (χ2v) is 3.00. The third-order valence-corrected chi connectivity index (χ3v) is 2.24. The number of anilines is 1. The average molecular weight is 216 g/mol. The summed E-state index contributed by atoms with van der Waals surface area (Å²) >= 11 is -0.226. The molecule has 0 aliphatic carbocycles. The number of nitrogens with one attached hydrogen (secondary N) is 1. The molecule has 56 valence electrons. The summed E-state index contributed by atoms with van der Waals surface area (Å²) < 4.78 is 7.78. The van der Waals surface area contributed by atoms with Crippen LogP contribution in [0.3, 0.4) is 0 Å². The van der Waals surface area contributed by atoms with Crippen molar-refractivity contribution in [2.75, 3.05) is 5.73 Å². The topological polar surface area (TPSA) is 97.5 Å². The van der Waals surface area contributed by atoms with E-state index in [1.165, 1.54) is 0 Å². The van der Waals surface area contributed by atoms with E-state index in [9.17, 15) is 4.79 Å². The molecular formula is C4H3N5OSe. The Bertz CT molecular complexity index is 445. The van der Waals surface area contributed by atoms with Gasteiger partial charge < -0.3 is 0 Å². The molecular weight excluding hydrogens is 213 g/mol. The molecule has 0 saturated heterocycles. The second-order valence-electron chi connectivity index (χ2n) is 1.89. The molecule has 0 fully saturated rings. The molecule has 0 aliphatic heterocycles. The molecule has 3 N–H and O–H groups in total. The number of H-pyrrole nitrogens is 1. The molecule has 0 unspecified atom stereocenters. The van der Waals surface area contributed by atoms with E-state index >= 15 is 0 Å². The van der Waals surface area contributed by atoms with Crippen molar-refractivity contribution in [1.29, 1.82) is 0 Å². The fourth-order valence-electron chi connectivity index (χ4n) is 0.718. The van der Waals surface area contributed by atoms with Crippen molar-refractivity contribution < 1.29 is 0 Å². The Labute approximate surface area is 66.7 Å². The van der Waals surface area contributed by atoms with Crippen molar-refractivity contribution in [3.63, 3.8) is 0 Å². The molecule has 0 saturated carbocycles. The van der Waals surface area contributed by atoms with Gasteiger partial charge in [-0.3, -0.25) is 0 Å². The molecule has 0 radical (unpaired) electrons. The number of nitrogen functional groups attached to an aromatic ring is 1. The van der Waals surface area contributed by atoms with E-state index in [0.29, 0.717) is 11.2 Å². The Morgan fingerprint density at radius 2 is 2.27 bits per heavy atom. The maximum absolute atomic E-state index is 11.0. The van der Waals surface area contributed by atoms with E-state index in [1.807, 2.05) is 0 Å². The first-order chi connectivity index (χ1) is 5.27. The summed E-state index contributed by atoms with van der Waals surface area (Å²) in [5.74, 6) is 0.0883. The summed E-state index contributed by atoms with van der Waals surface area (Å²) in [6.45, 7) is 0. The van der Waals surface area contributed by atoms with E-state index in [-0.39, 0.29) is 26.5 Å². The first-order valence-electron chi connectivity index (χ1n) is 2.75. The Morgan fingerprint density at radius 1 is 1.45 bits per heavy atom. The fraction of sp³-hybridized carbons (Fsp3) is 0. The van der Waals surface area contributed by atoms with Crippen LogP contribution < -0.4 is 11.3 Å². The van der Waals surface area contributed by atoms with Crippen LogP contribution in [-0.4, -0.2) is 32.9 Å². The minimum absolute atomic E-state index is 0.0883. The molecule has 0 spiro atoms. The van der Waals surface area contributed by atoms with E-state index in [0.717, 1.165) is 0 Å². The van der Waals surface area contributed by atoms with Crippen LogP contribution in [0.15, 0.2) is 4.79 Å². The van der Waals surface area contributed by atoms with Crippen LogP contribution in [0.2, 0.25) is 0 Å². The summed E-state index contributed by atoms with van der Waals surface area (Å²) in [7, 11) is 0. The second kappa shape index (κ2) is 2.14. The number of nitrogens with zero attached hydrogens (tertiary/aromatic N) is 3. The standard InChI is InChI=1S/C4H3N5OSe/c5-4-6-2-1(3(10)7-4)8-11-9-2/h(H3,5,6,7,9,10). The Morgan fingerprint density at radius 3 is 3.09 bits per heavy atom. The maximum atomic E-state index is 11.0. The van der Waals surface area contributed by atoms with Gasteiger partial charge in [0.2, 0.25) is 0 Å². The zero-order valence-corrected chi connectivity index (χ0v) is 6.95. The molecule has 2 aromatic heterocycles. The van der Waals surface area contributed by atoms with Gasteiger partial charge in [0.15, 0.2) is 0 Å². The molecule has 0 amide bonds. The molecule has 0 aromatic carbocycles. The van der Waals surface area contributed by atoms with Crippen molar-refractivity contribution in [2.45, 2.75) is 0 Å². The van der Waals surface area contributed by atoms with E-state index in [1.54, 1.807) is 0 Å². The van der Waals surface area contributed by atoms with E-state index in [2.05, 4.69) is 17.9 Å². The average Bonchev–Trinajstić information content (AvgIpc) is 2.34. The van der Waals surface area contributed by atoms with Gasteiger partial charge in [-0.25, -0.2) is 0 Å². The van der Waals surface area contributed by atoms with Crippen molar-refractivity contribution in [2.24, 2.45) is 0 Å². The van der Waals surface area contributed by atoms with Crippen LogP contribution >= 0.6 is 0 Å². The Hall–Kier alpha value is -1.20. The van der Waals surface area contributed by atoms with Crippen LogP contribution in [0.4, 0.5) is 5.95 Å². The van der Waals surface area contributed by atoms with Crippen molar-refractivity contribution in [3.8, 4) is 0 Å². The van der Waals surface area contributed by atoms with Gasteiger partial charge in [0.25, 0.3) is 0 Å². The molecule has 0 bridgehead atoms. The fourth-order valence-corrected chi connectivity index (χ4v) is 1.75. The van der Waals surface area contributed by atoms with Crippen molar-refractivity contribution >= 4 is 32.1 Å². The normalized spacial score (nSPS) is 10.5. The van der Waals surface area contributed by atoms with Gasteiger partial charge in [-0.05, 0) is 0 Å². The predicted octanol–water partition coefficient (Wildman–Crippen LogP) is -1.65. The van der Waals surface area contributed by atoms with Crippen molar-refractivity contribution in [1.82, 2.24) is 17.9 Å². The molecule has 2 rings (SSSR count). The third kappa shape index (κ3) is 0.940. The van der Waals surface area contributed by atoms with Gasteiger partial charge in [0.05, 0.1) is 0 Å². The SMILES string of the molecule is Nc1nc2n[se]nc2c(=O)[nH]1. The Kier molecular flexibility index (Phi) is 1.27. The van der Waals surface area contributed by atoms with Gasteiger partial charge >= 0.3 is 66.1 Å². The predicted molar refractivity (Wildman–Crippen MR) is 39.3 cm³/mol. The zero-order valence-electron chi connectivity index (χ0n) is 5.24. The molecule has 0 atom stereocenters. The third-order valence-electron chi connectivity index (χ3n) is 1.15. The van der Waals surface area contributed by atoms with Gasteiger partial charge in [-0.2, -0.15) is 0 Å². The van der Waals surface area contributed by atoms with E-state index in [4.69, 9.17) is 5.73 Å². The number of aromatic amines is 1. The number of hydrogen-bond donors (Lipinski definition) is 2. The van der Waals surface area contributed by atoms with Crippen LogP contribution in [0, 0.1) is 0 Å². The number of rotatable bonds is 0. The molecule has 0 aliphatic rings. The number of aromatic nitrogens is 4. The minimum atomic E-state index is -0.310. The monoisotopic (exact) mass is 217 g/mol. The summed E-state index contributed by atoms with van der Waals surface area (Å²) in [5.41, 5.74) is 5.63. The van der Waals surface area contributed by atoms with Gasteiger partial charge in [0, 0.05) is 0 Å². The zero-order chi connectivity index (χ0) is 7.84. The summed E-state index contributed by atoms with van der Waals surface area (Å²) in [6.07, 6.45) is 0. The summed E-state index contributed by atoms with van der Waals surface area (Å²) in [4.78, 5) is 17.1. The molecule has 11 heavy (non-hydrogen) atoms. The van der Waals surface area contributed by atoms with Gasteiger partial charge in [-0.15, -0.1) is 0 Å². The van der Waals surface area contributed by atoms with Crippen LogP contribution in [0.1, 0.15) is 0 Å². The van der Waals surface area contributed by atoms with Gasteiger partial charge in [-0.1, -0.05) is 0 Å². The van der Waals surface area contributed by atoms with Gasteiger partial charge in [0.1, 0.15) is 0 Å². The number of hydrogen-bond acceptors (Lipinski definition) is 5. The first kappa shape index (κ1) is 6.51. The molecule has 2 heterocycles. The molecule has 7 heteroatoms. The first-order valence-corrected chi connectivity index (χ1v) is 4.28. The number of fused-ring (bicyclic) bond motifs is 1. The van der Waals surface area contributed by atoms with Crippen LogP contribution in [0.5, 0.6) is 0 Å². The molecule has 2 aromatic rings. The van der Waals surface area contributed by atoms with E-state index < -0.39 is 0 Å². The van der Waals surface area contributed by atoms with Crippen LogP contribution in [0.25, 0.3) is 11.2 Å². The Balaban J connectivity index is 3.02. The van der Waals surface area contributed by atoms with Crippen LogP contribution in [-0.2, 0) is 0 Å².